The number of esters is 1. The van der Waals surface area contributed by atoms with Gasteiger partial charge in [0.1, 0.15) is 18.8 Å². The minimum absolute atomic E-state index is 0.0237. The van der Waals surface area contributed by atoms with Crippen LogP contribution >= 0.6 is 0 Å². The lowest BCUT2D eigenvalue weighted by atomic mass is 9.94. The summed E-state index contributed by atoms with van der Waals surface area (Å²) in [4.78, 5) is 54.8. The first-order valence-electron chi connectivity index (χ1n) is 11.3. The first-order chi connectivity index (χ1) is 16.0. The van der Waals surface area contributed by atoms with Crippen molar-refractivity contribution in [2.24, 2.45) is 0 Å². The lowest BCUT2D eigenvalue weighted by Gasteiger charge is -2.33. The van der Waals surface area contributed by atoms with E-state index in [-0.39, 0.29) is 55.5 Å². The van der Waals surface area contributed by atoms with Gasteiger partial charge in [0, 0.05) is 12.5 Å². The Morgan fingerprint density at radius 3 is 2.76 bits per heavy atom. The normalized spacial score (nSPS) is 15.7. The Bertz CT molecular complexity index is 1120. The van der Waals surface area contributed by atoms with Gasteiger partial charge < -0.3 is 14.4 Å². The van der Waals surface area contributed by atoms with Crippen LogP contribution in [0.5, 0.6) is 5.75 Å². The Balaban J connectivity index is 1.35. The summed E-state index contributed by atoms with van der Waals surface area (Å²) in [6, 6.07) is 5.06. The molecule has 2 aromatic rings. The molecule has 1 aliphatic heterocycles. The maximum atomic E-state index is 12.8. The Morgan fingerprint density at radius 1 is 1.21 bits per heavy atom. The number of rotatable bonds is 8. The van der Waals surface area contributed by atoms with Crippen molar-refractivity contribution in [1.29, 1.82) is 0 Å². The second-order valence-electron chi connectivity index (χ2n) is 8.40. The van der Waals surface area contributed by atoms with Gasteiger partial charge in [0.15, 0.2) is 0 Å². The molecule has 0 spiro atoms. The fourth-order valence-corrected chi connectivity index (χ4v) is 4.41. The van der Waals surface area contributed by atoms with E-state index >= 15 is 0 Å². The second-order valence-corrected chi connectivity index (χ2v) is 8.40. The summed E-state index contributed by atoms with van der Waals surface area (Å²) < 4.78 is 11.8. The molecule has 0 radical (unpaired) electrons. The van der Waals surface area contributed by atoms with Gasteiger partial charge >= 0.3 is 5.97 Å². The quantitative estimate of drug-likeness (QED) is 0.475. The van der Waals surface area contributed by atoms with Gasteiger partial charge in [-0.3, -0.25) is 29.1 Å². The van der Waals surface area contributed by atoms with Crippen LogP contribution in [0.15, 0.2) is 23.0 Å². The third-order valence-corrected chi connectivity index (χ3v) is 6.15. The number of nitrogens with zero attached hydrogens (tertiary/aromatic N) is 3. The molecule has 1 aliphatic carbocycles. The zero-order valence-corrected chi connectivity index (χ0v) is 18.7. The largest absolute Gasteiger partial charge is 0.494 e. The van der Waals surface area contributed by atoms with Crippen molar-refractivity contribution >= 4 is 34.6 Å². The first-order valence-corrected chi connectivity index (χ1v) is 11.3. The molecule has 0 atom stereocenters. The predicted octanol–water partition coefficient (Wildman–Crippen LogP) is 1.84. The summed E-state index contributed by atoms with van der Waals surface area (Å²) >= 11 is 0. The molecule has 0 saturated heterocycles. The zero-order valence-electron chi connectivity index (χ0n) is 18.7. The van der Waals surface area contributed by atoms with E-state index in [1.54, 1.807) is 23.1 Å². The van der Waals surface area contributed by atoms with Gasteiger partial charge in [0.2, 0.25) is 17.8 Å². The van der Waals surface area contributed by atoms with Gasteiger partial charge in [0.05, 0.1) is 24.6 Å². The highest BCUT2D eigenvalue weighted by Gasteiger charge is 2.27. The standard InChI is InChI=1S/C23H28N4O6/c1-32-21(30)14-26(15-6-3-2-4-7-15)20(29)8-5-11-33-16-9-10-18-17(12-16)22(31)27-13-19(28)25-23(27)24-18/h9-10,12,15H,2-8,11,13-14H2,1H3,(H,24,25,28). The molecule has 176 valence electrons. The zero-order chi connectivity index (χ0) is 23.4. The number of amides is 2. The molecule has 1 aromatic heterocycles. The number of nitrogens with one attached hydrogen (secondary N) is 1. The van der Waals surface area contributed by atoms with Gasteiger partial charge in [-0.05, 0) is 37.5 Å². The van der Waals surface area contributed by atoms with Crippen molar-refractivity contribution < 1.29 is 23.9 Å². The van der Waals surface area contributed by atoms with E-state index in [1.165, 1.54) is 11.7 Å². The number of carbonyl (C=O) groups is 3. The van der Waals surface area contributed by atoms with Crippen molar-refractivity contribution in [3.63, 3.8) is 0 Å². The van der Waals surface area contributed by atoms with E-state index in [0.29, 0.717) is 23.1 Å². The van der Waals surface area contributed by atoms with Crippen molar-refractivity contribution in [3.8, 4) is 5.75 Å². The van der Waals surface area contributed by atoms with Gasteiger partial charge in [-0.15, -0.1) is 0 Å². The van der Waals surface area contributed by atoms with Crippen LogP contribution < -0.4 is 15.6 Å². The molecule has 2 amide bonds. The van der Waals surface area contributed by atoms with Gasteiger partial charge in [-0.1, -0.05) is 19.3 Å². The maximum absolute atomic E-state index is 12.8. The molecule has 1 aromatic carbocycles. The number of hydrogen-bond acceptors (Lipinski definition) is 7. The number of methoxy groups -OCH3 is 1. The smallest absolute Gasteiger partial charge is 0.325 e. The molecule has 0 bridgehead atoms. The Morgan fingerprint density at radius 2 is 2.00 bits per heavy atom. The van der Waals surface area contributed by atoms with Gasteiger partial charge in [-0.25, -0.2) is 4.98 Å². The Hall–Kier alpha value is -3.43. The van der Waals surface area contributed by atoms with Crippen LogP contribution in [0.1, 0.15) is 44.9 Å². The highest BCUT2D eigenvalue weighted by atomic mass is 16.5. The Labute approximate surface area is 190 Å². The first kappa shape index (κ1) is 22.8. The van der Waals surface area contributed by atoms with Crippen LogP contribution in [-0.2, 0) is 25.7 Å². The third-order valence-electron chi connectivity index (χ3n) is 6.15. The average molecular weight is 456 g/mol. The number of aromatic nitrogens is 2. The molecule has 4 rings (SSSR count). The summed E-state index contributed by atoms with van der Waals surface area (Å²) in [5.74, 6) is -0.0238. The minimum Gasteiger partial charge on any atom is -0.494 e. The van der Waals surface area contributed by atoms with Crippen LogP contribution in [0, 0.1) is 0 Å². The Kier molecular flexibility index (Phi) is 6.90. The highest BCUT2D eigenvalue weighted by Crippen LogP contribution is 2.24. The van der Waals surface area contributed by atoms with Crippen molar-refractivity contribution in [2.75, 3.05) is 25.6 Å². The van der Waals surface area contributed by atoms with E-state index in [0.717, 1.165) is 32.1 Å². The predicted molar refractivity (Wildman–Crippen MR) is 120 cm³/mol. The topological polar surface area (TPSA) is 120 Å². The third kappa shape index (κ3) is 5.15. The molecule has 1 saturated carbocycles. The molecule has 0 unspecified atom stereocenters. The number of anilines is 1. The van der Waals surface area contributed by atoms with Crippen molar-refractivity contribution in [3.05, 3.63) is 28.6 Å². The number of carbonyl (C=O) groups excluding carboxylic acids is 3. The lowest BCUT2D eigenvalue weighted by Crippen LogP contribution is -2.44. The van der Waals surface area contributed by atoms with Crippen LogP contribution in [0.2, 0.25) is 0 Å². The number of fused-ring (bicyclic) bond motifs is 2. The molecule has 1 fully saturated rings. The molecule has 2 heterocycles. The number of ether oxygens (including phenoxy) is 2. The van der Waals surface area contributed by atoms with Gasteiger partial charge in [0.25, 0.3) is 5.56 Å². The maximum Gasteiger partial charge on any atom is 0.325 e. The van der Waals surface area contributed by atoms with E-state index in [9.17, 15) is 19.2 Å². The van der Waals surface area contributed by atoms with Crippen LogP contribution in [-0.4, -0.2) is 58.5 Å². The molecule has 33 heavy (non-hydrogen) atoms. The lowest BCUT2D eigenvalue weighted by molar-refractivity contribution is -0.149. The summed E-state index contributed by atoms with van der Waals surface area (Å²) in [7, 11) is 1.33. The molecule has 10 nitrogen and oxygen atoms in total. The second kappa shape index (κ2) is 10.0. The molecule has 10 heteroatoms. The fourth-order valence-electron chi connectivity index (χ4n) is 4.41. The summed E-state index contributed by atoms with van der Waals surface area (Å²) in [5.41, 5.74) is 0.168. The number of benzene rings is 1. The molecule has 1 N–H and O–H groups in total. The summed E-state index contributed by atoms with van der Waals surface area (Å²) in [6.45, 7) is 0.214. The average Bonchev–Trinajstić information content (AvgIpc) is 3.21. The van der Waals surface area contributed by atoms with Crippen molar-refractivity contribution in [1.82, 2.24) is 14.5 Å². The minimum atomic E-state index is -0.412. The monoisotopic (exact) mass is 456 g/mol. The molecular weight excluding hydrogens is 428 g/mol. The van der Waals surface area contributed by atoms with Crippen LogP contribution in [0.3, 0.4) is 0 Å². The highest BCUT2D eigenvalue weighted by molar-refractivity contribution is 5.94. The summed E-state index contributed by atoms with van der Waals surface area (Å²) in [6.07, 6.45) is 5.82. The van der Waals surface area contributed by atoms with E-state index in [4.69, 9.17) is 9.47 Å². The number of hydrogen-bond donors (Lipinski definition) is 1. The summed E-state index contributed by atoms with van der Waals surface area (Å²) in [5, 5.41) is 2.93. The van der Waals surface area contributed by atoms with E-state index in [1.807, 2.05) is 0 Å². The van der Waals surface area contributed by atoms with E-state index in [2.05, 4.69) is 10.3 Å². The fraction of sp³-hybridized carbons (Fsp3) is 0.522. The SMILES string of the molecule is COC(=O)CN(C(=O)CCCOc1ccc2nc3n(c(=O)c2c1)CC(=O)N3)C1CCCCC1. The molecular formula is C23H28N4O6. The van der Waals surface area contributed by atoms with E-state index < -0.39 is 5.97 Å². The van der Waals surface area contributed by atoms with Crippen LogP contribution in [0.25, 0.3) is 10.9 Å². The van der Waals surface area contributed by atoms with Crippen molar-refractivity contribution in [2.45, 2.75) is 57.5 Å². The van der Waals surface area contributed by atoms with Crippen LogP contribution in [0.4, 0.5) is 5.95 Å². The molecule has 2 aliphatic rings. The van der Waals surface area contributed by atoms with Gasteiger partial charge in [-0.2, -0.15) is 0 Å².